The van der Waals surface area contributed by atoms with E-state index in [1.807, 2.05) is 57.2 Å². The predicted octanol–water partition coefficient (Wildman–Crippen LogP) is 4.27. The second-order valence-corrected chi connectivity index (χ2v) is 6.71. The molecule has 0 aliphatic heterocycles. The number of nitrogens with zero attached hydrogens (tertiary/aromatic N) is 2. The van der Waals surface area contributed by atoms with Crippen LogP contribution in [-0.2, 0) is 6.54 Å². The largest absolute Gasteiger partial charge is 0.496 e. The SMILES string of the molecule is COc1ccccc1CNc1nc(C)cc(C(=O)Nc2cc(C)cc(C)c2)n1. The molecule has 0 unspecified atom stereocenters. The molecule has 2 N–H and O–H groups in total. The topological polar surface area (TPSA) is 76.1 Å². The van der Waals surface area contributed by atoms with Crippen molar-refractivity contribution in [1.82, 2.24) is 9.97 Å². The molecule has 0 saturated carbocycles. The van der Waals surface area contributed by atoms with Gasteiger partial charge in [-0.1, -0.05) is 24.3 Å². The molecule has 0 fully saturated rings. The van der Waals surface area contributed by atoms with Crippen molar-refractivity contribution < 1.29 is 9.53 Å². The Morgan fingerprint density at radius 1 is 1.00 bits per heavy atom. The number of carbonyl (C=O) groups is 1. The number of nitrogens with one attached hydrogen (secondary N) is 2. The zero-order chi connectivity index (χ0) is 20.1. The molecule has 3 rings (SSSR count). The minimum absolute atomic E-state index is 0.268. The van der Waals surface area contributed by atoms with Gasteiger partial charge in [0.2, 0.25) is 5.95 Å². The van der Waals surface area contributed by atoms with Gasteiger partial charge in [-0.25, -0.2) is 9.97 Å². The number of methoxy groups -OCH3 is 1. The molecule has 3 aromatic rings. The van der Waals surface area contributed by atoms with Gasteiger partial charge in [0.1, 0.15) is 11.4 Å². The van der Waals surface area contributed by atoms with Gasteiger partial charge in [0.05, 0.1) is 7.11 Å². The normalized spacial score (nSPS) is 10.4. The van der Waals surface area contributed by atoms with Crippen molar-refractivity contribution in [2.45, 2.75) is 27.3 Å². The molecule has 1 amide bonds. The number of carbonyl (C=O) groups excluding carboxylic acids is 1. The number of amides is 1. The number of anilines is 2. The van der Waals surface area contributed by atoms with E-state index in [4.69, 9.17) is 4.74 Å². The van der Waals surface area contributed by atoms with E-state index in [1.54, 1.807) is 13.2 Å². The summed E-state index contributed by atoms with van der Waals surface area (Å²) >= 11 is 0. The lowest BCUT2D eigenvalue weighted by atomic mass is 10.1. The first kappa shape index (κ1) is 19.4. The second kappa shape index (κ2) is 8.52. The lowest BCUT2D eigenvalue weighted by molar-refractivity contribution is 0.102. The molecule has 2 aromatic carbocycles. The third-order valence-corrected chi connectivity index (χ3v) is 4.20. The fourth-order valence-electron chi connectivity index (χ4n) is 3.03. The molecule has 1 heterocycles. The van der Waals surface area contributed by atoms with E-state index in [0.29, 0.717) is 23.9 Å². The van der Waals surface area contributed by atoms with Crippen LogP contribution in [0.2, 0.25) is 0 Å². The molecule has 28 heavy (non-hydrogen) atoms. The van der Waals surface area contributed by atoms with Crippen molar-refractivity contribution in [3.05, 3.63) is 76.6 Å². The van der Waals surface area contributed by atoms with Gasteiger partial charge >= 0.3 is 0 Å². The highest BCUT2D eigenvalue weighted by Crippen LogP contribution is 2.19. The number of ether oxygens (including phenoxy) is 1. The van der Waals surface area contributed by atoms with Gasteiger partial charge in [-0.05, 0) is 56.2 Å². The van der Waals surface area contributed by atoms with Gasteiger partial charge in [0, 0.05) is 23.5 Å². The number of hydrogen-bond acceptors (Lipinski definition) is 5. The van der Waals surface area contributed by atoms with Crippen molar-refractivity contribution in [3.8, 4) is 5.75 Å². The molecule has 6 heteroatoms. The van der Waals surface area contributed by atoms with Crippen LogP contribution in [0, 0.1) is 20.8 Å². The van der Waals surface area contributed by atoms with Crippen LogP contribution >= 0.6 is 0 Å². The van der Waals surface area contributed by atoms with Crippen molar-refractivity contribution >= 4 is 17.5 Å². The van der Waals surface area contributed by atoms with Crippen molar-refractivity contribution in [3.63, 3.8) is 0 Å². The minimum Gasteiger partial charge on any atom is -0.496 e. The Bertz CT molecular complexity index is 981. The number of hydrogen-bond donors (Lipinski definition) is 2. The van der Waals surface area contributed by atoms with Crippen molar-refractivity contribution in [2.75, 3.05) is 17.7 Å². The maximum absolute atomic E-state index is 12.7. The summed E-state index contributed by atoms with van der Waals surface area (Å²) in [5.74, 6) is 0.919. The number of para-hydroxylation sites is 1. The standard InChI is InChI=1S/C22H24N4O2/c1-14-9-15(2)11-18(10-14)25-21(27)19-12-16(3)24-22(26-19)23-13-17-7-5-6-8-20(17)28-4/h5-12H,13H2,1-4H3,(H,25,27)(H,23,24,26). The first-order valence-electron chi connectivity index (χ1n) is 9.05. The molecular weight excluding hydrogens is 352 g/mol. The quantitative estimate of drug-likeness (QED) is 0.672. The summed E-state index contributed by atoms with van der Waals surface area (Å²) in [5.41, 5.74) is 4.94. The third-order valence-electron chi connectivity index (χ3n) is 4.20. The monoisotopic (exact) mass is 376 g/mol. The summed E-state index contributed by atoms with van der Waals surface area (Å²) in [6.45, 7) is 6.32. The summed E-state index contributed by atoms with van der Waals surface area (Å²) in [6.07, 6.45) is 0. The Hall–Kier alpha value is -3.41. The van der Waals surface area contributed by atoms with Crippen LogP contribution in [0.5, 0.6) is 5.75 Å². The third kappa shape index (κ3) is 4.85. The number of aromatic nitrogens is 2. The smallest absolute Gasteiger partial charge is 0.274 e. The Morgan fingerprint density at radius 3 is 2.43 bits per heavy atom. The van der Waals surface area contributed by atoms with Crippen LogP contribution in [0.4, 0.5) is 11.6 Å². The lowest BCUT2D eigenvalue weighted by Crippen LogP contribution is -2.16. The zero-order valence-electron chi connectivity index (χ0n) is 16.5. The van der Waals surface area contributed by atoms with Gasteiger partial charge in [-0.3, -0.25) is 4.79 Å². The minimum atomic E-state index is -0.268. The first-order chi connectivity index (χ1) is 13.4. The average molecular weight is 376 g/mol. The van der Waals surface area contributed by atoms with E-state index in [2.05, 4.69) is 26.7 Å². The summed E-state index contributed by atoms with van der Waals surface area (Å²) in [7, 11) is 1.64. The lowest BCUT2D eigenvalue weighted by Gasteiger charge is -2.11. The van der Waals surface area contributed by atoms with Gasteiger partial charge < -0.3 is 15.4 Å². The molecule has 144 valence electrons. The van der Waals surface area contributed by atoms with Gasteiger partial charge in [0.25, 0.3) is 5.91 Å². The Labute approximate surface area is 165 Å². The molecule has 0 atom stereocenters. The summed E-state index contributed by atoms with van der Waals surface area (Å²) in [5, 5.41) is 6.08. The van der Waals surface area contributed by atoms with E-state index < -0.39 is 0 Å². The van der Waals surface area contributed by atoms with E-state index in [9.17, 15) is 4.79 Å². The van der Waals surface area contributed by atoms with E-state index in [-0.39, 0.29) is 5.91 Å². The average Bonchev–Trinajstić information content (AvgIpc) is 2.65. The van der Waals surface area contributed by atoms with Crippen LogP contribution in [0.15, 0.2) is 48.5 Å². The first-order valence-corrected chi connectivity index (χ1v) is 9.05. The fraction of sp³-hybridized carbons (Fsp3) is 0.227. The van der Waals surface area contributed by atoms with E-state index in [1.165, 1.54) is 0 Å². The maximum atomic E-state index is 12.7. The molecular formula is C22H24N4O2. The van der Waals surface area contributed by atoms with Crippen molar-refractivity contribution in [1.29, 1.82) is 0 Å². The Morgan fingerprint density at radius 2 is 1.71 bits per heavy atom. The molecule has 0 aliphatic carbocycles. The number of benzene rings is 2. The molecule has 0 bridgehead atoms. The van der Waals surface area contributed by atoms with Gasteiger partial charge in [-0.2, -0.15) is 0 Å². The van der Waals surface area contributed by atoms with Crippen LogP contribution in [0.1, 0.15) is 32.9 Å². The maximum Gasteiger partial charge on any atom is 0.274 e. The van der Waals surface area contributed by atoms with E-state index in [0.717, 1.165) is 28.1 Å². The summed E-state index contributed by atoms with van der Waals surface area (Å²) in [6, 6.07) is 15.3. The molecule has 1 aromatic heterocycles. The summed E-state index contributed by atoms with van der Waals surface area (Å²) < 4.78 is 5.36. The van der Waals surface area contributed by atoms with Crippen LogP contribution in [0.3, 0.4) is 0 Å². The Balaban J connectivity index is 1.76. The molecule has 6 nitrogen and oxygen atoms in total. The van der Waals surface area contributed by atoms with Crippen LogP contribution < -0.4 is 15.4 Å². The van der Waals surface area contributed by atoms with E-state index >= 15 is 0 Å². The highest BCUT2D eigenvalue weighted by molar-refractivity contribution is 6.03. The highest BCUT2D eigenvalue weighted by atomic mass is 16.5. The molecule has 0 aliphatic rings. The Kier molecular flexibility index (Phi) is 5.89. The zero-order valence-corrected chi connectivity index (χ0v) is 16.5. The second-order valence-electron chi connectivity index (χ2n) is 6.71. The molecule has 0 spiro atoms. The molecule has 0 radical (unpaired) electrons. The van der Waals surface area contributed by atoms with Gasteiger partial charge in [-0.15, -0.1) is 0 Å². The highest BCUT2D eigenvalue weighted by Gasteiger charge is 2.12. The van der Waals surface area contributed by atoms with Crippen molar-refractivity contribution in [2.24, 2.45) is 0 Å². The van der Waals surface area contributed by atoms with Crippen LogP contribution in [-0.4, -0.2) is 23.0 Å². The number of rotatable bonds is 6. The summed E-state index contributed by atoms with van der Waals surface area (Å²) in [4.78, 5) is 21.4. The fourth-order valence-corrected chi connectivity index (χ4v) is 3.03. The number of aryl methyl sites for hydroxylation is 3. The van der Waals surface area contributed by atoms with Crippen LogP contribution in [0.25, 0.3) is 0 Å². The molecule has 0 saturated heterocycles. The van der Waals surface area contributed by atoms with Gasteiger partial charge in [0.15, 0.2) is 0 Å². The predicted molar refractivity (Wildman–Crippen MR) is 111 cm³/mol.